The molecule has 1 atom stereocenters. The number of nitrogens with one attached hydrogen (secondary N) is 1. The van der Waals surface area contributed by atoms with Crippen LogP contribution >= 0.6 is 11.6 Å². The maximum Gasteiger partial charge on any atom is 0.262 e. The standard InChI is InChI=1S/C44H44ClFN8O5/c1-44(2,29-20-30(45)22-32(21-29)47-3)28-4-6-33(7-5-28)59-26-31-10-13-48-43(49-31)53-14-11-27(12-15-53)25-51-16-18-52(19-17-51)38-24-35-34(23-36(38)46)41(57)54(42(35)58)37-8-9-39(55)50-40(37)56/h4-7,10,13,20-24,27,37H,8-9,11-12,14-19,25-26H2,1-2H3,(H,50,55,56). The van der Waals surface area contributed by atoms with Gasteiger partial charge in [0, 0.05) is 68.9 Å². The zero-order chi connectivity index (χ0) is 41.4. The van der Waals surface area contributed by atoms with Crippen LogP contribution in [0.25, 0.3) is 4.85 Å². The Kier molecular flexibility index (Phi) is 11.1. The smallest absolute Gasteiger partial charge is 0.262 e. The first-order chi connectivity index (χ1) is 28.4. The third-order valence-electron chi connectivity index (χ3n) is 12.0. The minimum Gasteiger partial charge on any atom is -0.487 e. The van der Waals surface area contributed by atoms with Gasteiger partial charge in [-0.15, -0.1) is 0 Å². The molecule has 4 aromatic rings. The molecular formula is C44H44ClFN8O5. The van der Waals surface area contributed by atoms with Gasteiger partial charge in [0.05, 0.1) is 29.1 Å². The van der Waals surface area contributed by atoms with Crippen LogP contribution in [0.5, 0.6) is 5.75 Å². The van der Waals surface area contributed by atoms with Crippen LogP contribution in [0.4, 0.5) is 21.7 Å². The highest BCUT2D eigenvalue weighted by molar-refractivity contribution is 6.31. The first kappa shape index (κ1) is 39.9. The van der Waals surface area contributed by atoms with Gasteiger partial charge in [-0.05, 0) is 78.8 Å². The highest BCUT2D eigenvalue weighted by Crippen LogP contribution is 2.37. The number of piperidine rings is 2. The van der Waals surface area contributed by atoms with E-state index in [1.807, 2.05) is 47.4 Å². The van der Waals surface area contributed by atoms with E-state index in [4.69, 9.17) is 27.9 Å². The summed E-state index contributed by atoms with van der Waals surface area (Å²) in [6.45, 7) is 17.1. The molecule has 1 aromatic heterocycles. The van der Waals surface area contributed by atoms with Crippen LogP contribution in [0.15, 0.2) is 66.9 Å². The number of fused-ring (bicyclic) bond motifs is 1. The van der Waals surface area contributed by atoms with Gasteiger partial charge in [-0.1, -0.05) is 43.6 Å². The Bertz CT molecular complexity index is 2350. The number of benzene rings is 3. The van der Waals surface area contributed by atoms with Gasteiger partial charge in [-0.3, -0.25) is 34.3 Å². The highest BCUT2D eigenvalue weighted by atomic mass is 35.5. The number of hydrogen-bond donors (Lipinski definition) is 1. The van der Waals surface area contributed by atoms with Crippen LogP contribution in [-0.4, -0.2) is 95.3 Å². The lowest BCUT2D eigenvalue weighted by atomic mass is 9.78. The summed E-state index contributed by atoms with van der Waals surface area (Å²) in [5.74, 6) is -1.20. The third-order valence-corrected chi connectivity index (χ3v) is 12.2. The molecule has 15 heteroatoms. The average molecular weight is 819 g/mol. The minimum absolute atomic E-state index is 0.0179. The molecule has 1 unspecified atom stereocenters. The summed E-state index contributed by atoms with van der Waals surface area (Å²) >= 11 is 6.30. The molecule has 59 heavy (non-hydrogen) atoms. The zero-order valence-corrected chi connectivity index (χ0v) is 33.7. The van der Waals surface area contributed by atoms with E-state index >= 15 is 4.39 Å². The second kappa shape index (κ2) is 16.4. The number of amides is 4. The topological polar surface area (TPSA) is 133 Å². The van der Waals surface area contributed by atoms with Crippen LogP contribution in [0.2, 0.25) is 5.02 Å². The number of halogens is 2. The summed E-state index contributed by atoms with van der Waals surface area (Å²) in [5, 5.41) is 2.73. The second-order valence-corrected chi connectivity index (χ2v) is 16.5. The Morgan fingerprint density at radius 3 is 2.29 bits per heavy atom. The van der Waals surface area contributed by atoms with Crippen molar-refractivity contribution in [3.8, 4) is 5.75 Å². The molecular weight excluding hydrogens is 775 g/mol. The van der Waals surface area contributed by atoms with Gasteiger partial charge in [-0.2, -0.15) is 0 Å². The Morgan fingerprint density at radius 1 is 0.881 bits per heavy atom. The van der Waals surface area contributed by atoms with Gasteiger partial charge >= 0.3 is 0 Å². The fraction of sp³-hybridized carbons (Fsp3) is 0.386. The normalized spacial score (nSPS) is 19.2. The van der Waals surface area contributed by atoms with Crippen molar-refractivity contribution in [2.45, 2.75) is 57.6 Å². The highest BCUT2D eigenvalue weighted by Gasteiger charge is 2.45. The zero-order valence-electron chi connectivity index (χ0n) is 32.9. The molecule has 0 bridgehead atoms. The molecule has 0 spiro atoms. The molecule has 4 amide bonds. The molecule has 5 heterocycles. The summed E-state index contributed by atoms with van der Waals surface area (Å²) in [4.78, 5) is 70.8. The van der Waals surface area contributed by atoms with Crippen LogP contribution in [-0.2, 0) is 21.6 Å². The SMILES string of the molecule is [C-]#[N+]c1cc(Cl)cc(C(C)(C)c2ccc(OCc3ccnc(N4CCC(CN5CCN(c6cc7c(cc6F)C(=O)N(C6CCC(=O)NC6=O)C7=O)CC5)CC4)n3)cc2)c1. The van der Waals surface area contributed by atoms with E-state index in [0.29, 0.717) is 42.3 Å². The van der Waals surface area contributed by atoms with Gasteiger partial charge in [0.1, 0.15) is 24.2 Å². The summed E-state index contributed by atoms with van der Waals surface area (Å²) in [7, 11) is 0. The first-order valence-electron chi connectivity index (χ1n) is 19.9. The van der Waals surface area contributed by atoms with Gasteiger partial charge in [0.25, 0.3) is 11.8 Å². The van der Waals surface area contributed by atoms with E-state index in [1.54, 1.807) is 12.3 Å². The number of anilines is 2. The Balaban J connectivity index is 0.805. The molecule has 3 saturated heterocycles. The lowest BCUT2D eigenvalue weighted by Gasteiger charge is -2.39. The Morgan fingerprint density at radius 2 is 1.59 bits per heavy atom. The van der Waals surface area contributed by atoms with Crippen molar-refractivity contribution in [1.29, 1.82) is 0 Å². The third kappa shape index (κ3) is 8.22. The Hall–Kier alpha value is -5.91. The molecule has 4 aliphatic heterocycles. The number of imide groups is 2. The van der Waals surface area contributed by atoms with E-state index < -0.39 is 35.5 Å². The first-order valence-corrected chi connectivity index (χ1v) is 20.3. The molecule has 304 valence electrons. The molecule has 8 rings (SSSR count). The number of ether oxygens (including phenoxy) is 1. The van der Waals surface area contributed by atoms with Gasteiger partial charge in [-0.25, -0.2) is 19.2 Å². The lowest BCUT2D eigenvalue weighted by molar-refractivity contribution is -0.136. The number of carbonyl (C=O) groups excluding carboxylic acids is 4. The van der Waals surface area contributed by atoms with Crippen LogP contribution in [0.1, 0.15) is 77.1 Å². The lowest BCUT2D eigenvalue weighted by Crippen LogP contribution is -2.54. The van der Waals surface area contributed by atoms with Gasteiger partial charge in [0.2, 0.25) is 17.8 Å². The van der Waals surface area contributed by atoms with E-state index in [9.17, 15) is 19.2 Å². The van der Waals surface area contributed by atoms with Gasteiger partial charge < -0.3 is 14.5 Å². The molecule has 4 aliphatic rings. The average Bonchev–Trinajstić information content (AvgIpc) is 3.47. The van der Waals surface area contributed by atoms with Crippen LogP contribution < -0.4 is 19.9 Å². The van der Waals surface area contributed by atoms with E-state index in [2.05, 4.69) is 38.8 Å². The van der Waals surface area contributed by atoms with E-state index in [1.165, 1.54) is 6.07 Å². The van der Waals surface area contributed by atoms with Crippen molar-refractivity contribution in [2.24, 2.45) is 5.92 Å². The number of nitrogens with zero attached hydrogens (tertiary/aromatic N) is 7. The number of aromatic nitrogens is 2. The molecule has 3 fully saturated rings. The minimum atomic E-state index is -1.10. The number of carbonyl (C=O) groups is 4. The number of hydrogen-bond acceptors (Lipinski definition) is 10. The van der Waals surface area contributed by atoms with Crippen LogP contribution in [0, 0.1) is 18.3 Å². The van der Waals surface area contributed by atoms with Gasteiger partial charge in [0.15, 0.2) is 5.69 Å². The van der Waals surface area contributed by atoms with Crippen molar-refractivity contribution in [3.63, 3.8) is 0 Å². The molecule has 1 N–H and O–H groups in total. The molecule has 0 radical (unpaired) electrons. The molecule has 0 saturated carbocycles. The molecule has 0 aliphatic carbocycles. The van der Waals surface area contributed by atoms with Crippen molar-refractivity contribution in [3.05, 3.63) is 117 Å². The summed E-state index contributed by atoms with van der Waals surface area (Å²) < 4.78 is 21.6. The largest absolute Gasteiger partial charge is 0.487 e. The van der Waals surface area contributed by atoms with Crippen molar-refractivity contribution < 1.29 is 28.3 Å². The predicted molar refractivity (Wildman–Crippen MR) is 219 cm³/mol. The van der Waals surface area contributed by atoms with Crippen molar-refractivity contribution in [1.82, 2.24) is 25.1 Å². The quantitative estimate of drug-likeness (QED) is 0.147. The summed E-state index contributed by atoms with van der Waals surface area (Å²) in [6, 6.07) is 16.7. The molecule has 13 nitrogen and oxygen atoms in total. The monoisotopic (exact) mass is 818 g/mol. The van der Waals surface area contributed by atoms with Crippen molar-refractivity contribution >= 4 is 52.6 Å². The fourth-order valence-corrected chi connectivity index (χ4v) is 8.71. The fourth-order valence-electron chi connectivity index (χ4n) is 8.48. The number of rotatable bonds is 10. The van der Waals surface area contributed by atoms with Crippen LogP contribution in [0.3, 0.4) is 0 Å². The van der Waals surface area contributed by atoms with E-state index in [-0.39, 0.29) is 35.1 Å². The maximum absolute atomic E-state index is 15.5. The Labute approximate surface area is 346 Å². The van der Waals surface area contributed by atoms with Crippen molar-refractivity contribution in [2.75, 3.05) is 55.6 Å². The predicted octanol–water partition coefficient (Wildman–Crippen LogP) is 6.16. The molecule has 3 aromatic carbocycles. The van der Waals surface area contributed by atoms with E-state index in [0.717, 1.165) is 79.1 Å². The summed E-state index contributed by atoms with van der Waals surface area (Å²) in [6.07, 6.45) is 3.80. The maximum atomic E-state index is 15.5. The summed E-state index contributed by atoms with van der Waals surface area (Å²) in [5.41, 5.74) is 3.25. The number of piperazine rings is 1. The second-order valence-electron chi connectivity index (χ2n) is 16.1.